The number of hydrogen-bond acceptors (Lipinski definition) is 3. The van der Waals surface area contributed by atoms with E-state index in [1.165, 1.54) is 0 Å². The summed E-state index contributed by atoms with van der Waals surface area (Å²) in [5.74, 6) is 0.644. The van der Waals surface area contributed by atoms with Crippen LogP contribution >= 0.6 is 0 Å². The zero-order chi connectivity index (χ0) is 14.5. The van der Waals surface area contributed by atoms with Crippen molar-refractivity contribution in [3.05, 3.63) is 60.3 Å². The van der Waals surface area contributed by atoms with E-state index in [9.17, 15) is 0 Å². The molecule has 0 atom stereocenters. The van der Waals surface area contributed by atoms with Gasteiger partial charge in [-0.2, -0.15) is 10.4 Å². The van der Waals surface area contributed by atoms with Gasteiger partial charge >= 0.3 is 0 Å². The van der Waals surface area contributed by atoms with Crippen molar-refractivity contribution in [2.75, 3.05) is 6.61 Å². The third kappa shape index (κ3) is 2.87. The van der Waals surface area contributed by atoms with E-state index in [0.29, 0.717) is 17.9 Å². The van der Waals surface area contributed by atoms with Crippen molar-refractivity contribution in [1.82, 2.24) is 9.78 Å². The summed E-state index contributed by atoms with van der Waals surface area (Å²) in [5, 5.41) is 14.5. The van der Waals surface area contributed by atoms with Gasteiger partial charge in [-0.05, 0) is 18.2 Å². The first kappa shape index (κ1) is 13.2. The van der Waals surface area contributed by atoms with Crippen LogP contribution in [0, 0.1) is 11.3 Å². The number of ether oxygens (including phenoxy) is 1. The maximum absolute atomic E-state index is 9.00. The molecule has 0 radical (unpaired) electrons. The summed E-state index contributed by atoms with van der Waals surface area (Å²) >= 11 is 0. The molecular formula is C17H15N3O. The van der Waals surface area contributed by atoms with Gasteiger partial charge in [0, 0.05) is 18.4 Å². The predicted molar refractivity (Wildman–Crippen MR) is 81.0 cm³/mol. The first-order valence-electron chi connectivity index (χ1n) is 6.91. The van der Waals surface area contributed by atoms with Crippen LogP contribution in [-0.4, -0.2) is 16.4 Å². The predicted octanol–water partition coefficient (Wildman–Crippen LogP) is 3.38. The molecule has 2 aromatic carbocycles. The molecule has 21 heavy (non-hydrogen) atoms. The van der Waals surface area contributed by atoms with Gasteiger partial charge in [-0.25, -0.2) is 0 Å². The number of benzene rings is 2. The topological polar surface area (TPSA) is 50.8 Å². The Labute approximate surface area is 123 Å². The average Bonchev–Trinajstić information content (AvgIpc) is 2.95. The number of nitriles is 1. The van der Waals surface area contributed by atoms with E-state index in [1.807, 2.05) is 41.2 Å². The number of para-hydroxylation sites is 2. The van der Waals surface area contributed by atoms with Gasteiger partial charge in [0.1, 0.15) is 11.8 Å². The molecule has 0 N–H and O–H groups in total. The molecule has 0 aliphatic heterocycles. The molecule has 0 aliphatic carbocycles. The van der Waals surface area contributed by atoms with E-state index in [0.717, 1.165) is 23.9 Å². The number of aromatic nitrogens is 2. The van der Waals surface area contributed by atoms with E-state index in [-0.39, 0.29) is 0 Å². The van der Waals surface area contributed by atoms with Gasteiger partial charge in [0.15, 0.2) is 0 Å². The Morgan fingerprint density at radius 1 is 1.10 bits per heavy atom. The first-order valence-corrected chi connectivity index (χ1v) is 6.91. The Bertz CT molecular complexity index is 786. The van der Waals surface area contributed by atoms with Crippen LogP contribution in [0.15, 0.2) is 54.7 Å². The zero-order valence-corrected chi connectivity index (χ0v) is 11.6. The van der Waals surface area contributed by atoms with Crippen molar-refractivity contribution < 1.29 is 4.74 Å². The number of rotatable bonds is 5. The number of aryl methyl sites for hydroxylation is 1. The summed E-state index contributed by atoms with van der Waals surface area (Å²) in [6.45, 7) is 1.36. The van der Waals surface area contributed by atoms with Gasteiger partial charge in [-0.15, -0.1) is 0 Å². The summed E-state index contributed by atoms with van der Waals surface area (Å²) < 4.78 is 7.66. The van der Waals surface area contributed by atoms with Crippen molar-refractivity contribution in [2.45, 2.75) is 13.0 Å². The van der Waals surface area contributed by atoms with Crippen molar-refractivity contribution in [1.29, 1.82) is 5.26 Å². The molecule has 0 saturated heterocycles. The highest BCUT2D eigenvalue weighted by atomic mass is 16.5. The second-order valence-corrected chi connectivity index (χ2v) is 4.74. The fraction of sp³-hybridized carbons (Fsp3) is 0.176. The molecule has 0 unspecified atom stereocenters. The molecular weight excluding hydrogens is 262 g/mol. The van der Waals surface area contributed by atoms with E-state index < -0.39 is 0 Å². The monoisotopic (exact) mass is 277 g/mol. The van der Waals surface area contributed by atoms with Gasteiger partial charge in [0.2, 0.25) is 0 Å². The minimum Gasteiger partial charge on any atom is -0.492 e. The van der Waals surface area contributed by atoms with E-state index in [4.69, 9.17) is 10.00 Å². The molecule has 4 heteroatoms. The van der Waals surface area contributed by atoms with E-state index in [2.05, 4.69) is 23.3 Å². The van der Waals surface area contributed by atoms with Gasteiger partial charge in [-0.3, -0.25) is 4.68 Å². The summed E-state index contributed by atoms with van der Waals surface area (Å²) in [4.78, 5) is 0. The molecule has 104 valence electrons. The van der Waals surface area contributed by atoms with Crippen molar-refractivity contribution in [3.8, 4) is 11.8 Å². The lowest BCUT2D eigenvalue weighted by molar-refractivity contribution is 0.299. The lowest BCUT2D eigenvalue weighted by atomic mass is 10.2. The maximum atomic E-state index is 9.00. The van der Waals surface area contributed by atoms with Crippen LogP contribution in [-0.2, 0) is 6.54 Å². The van der Waals surface area contributed by atoms with Gasteiger partial charge in [0.25, 0.3) is 0 Å². The van der Waals surface area contributed by atoms with Crippen molar-refractivity contribution in [3.63, 3.8) is 0 Å². The van der Waals surface area contributed by atoms with Crippen LogP contribution < -0.4 is 4.74 Å². The second-order valence-electron chi connectivity index (χ2n) is 4.74. The van der Waals surface area contributed by atoms with E-state index in [1.54, 1.807) is 6.07 Å². The number of fused-ring (bicyclic) bond motifs is 1. The highest BCUT2D eigenvalue weighted by molar-refractivity contribution is 5.78. The largest absolute Gasteiger partial charge is 0.492 e. The van der Waals surface area contributed by atoms with Crippen molar-refractivity contribution >= 4 is 10.9 Å². The molecule has 3 aromatic rings. The Hall–Kier alpha value is -2.80. The summed E-state index contributed by atoms with van der Waals surface area (Å²) in [7, 11) is 0. The molecule has 0 aliphatic rings. The third-order valence-corrected chi connectivity index (χ3v) is 3.33. The Kier molecular flexibility index (Phi) is 3.83. The summed E-state index contributed by atoms with van der Waals surface area (Å²) in [6.07, 6.45) is 2.71. The fourth-order valence-electron chi connectivity index (χ4n) is 2.29. The van der Waals surface area contributed by atoms with Crippen LogP contribution in [0.1, 0.15) is 12.0 Å². The SMILES string of the molecule is N#Cc1ccccc1OCCCn1ncc2ccccc21. The van der Waals surface area contributed by atoms with Crippen LogP contribution in [0.4, 0.5) is 0 Å². The molecule has 1 aromatic heterocycles. The Morgan fingerprint density at radius 3 is 2.81 bits per heavy atom. The molecule has 0 fully saturated rings. The summed E-state index contributed by atoms with van der Waals surface area (Å²) in [6, 6.07) is 17.6. The quantitative estimate of drug-likeness (QED) is 0.672. The summed E-state index contributed by atoms with van der Waals surface area (Å²) in [5.41, 5.74) is 1.71. The minimum absolute atomic E-state index is 0.562. The van der Waals surface area contributed by atoms with E-state index >= 15 is 0 Å². The van der Waals surface area contributed by atoms with Gasteiger partial charge in [-0.1, -0.05) is 30.3 Å². The second kappa shape index (κ2) is 6.10. The van der Waals surface area contributed by atoms with Crippen LogP contribution in [0.25, 0.3) is 10.9 Å². The molecule has 0 saturated carbocycles. The molecule has 0 spiro atoms. The van der Waals surface area contributed by atoms with Gasteiger partial charge in [0.05, 0.1) is 23.9 Å². The lowest BCUT2D eigenvalue weighted by Crippen LogP contribution is -2.06. The molecule has 3 rings (SSSR count). The zero-order valence-electron chi connectivity index (χ0n) is 11.6. The van der Waals surface area contributed by atoms with Crippen LogP contribution in [0.2, 0.25) is 0 Å². The fourth-order valence-corrected chi connectivity index (χ4v) is 2.29. The maximum Gasteiger partial charge on any atom is 0.137 e. The molecule has 4 nitrogen and oxygen atoms in total. The van der Waals surface area contributed by atoms with Gasteiger partial charge < -0.3 is 4.74 Å². The third-order valence-electron chi connectivity index (χ3n) is 3.33. The molecule has 1 heterocycles. The molecule has 0 bridgehead atoms. The smallest absolute Gasteiger partial charge is 0.137 e. The number of nitrogens with zero attached hydrogens (tertiary/aromatic N) is 3. The normalized spacial score (nSPS) is 10.4. The molecule has 0 amide bonds. The standard InChI is InChI=1S/C17H15N3O/c18-12-14-6-2-4-9-17(14)21-11-5-10-20-16-8-3-1-7-15(16)13-19-20/h1-4,6-9,13H,5,10-11H2. The number of hydrogen-bond donors (Lipinski definition) is 0. The van der Waals surface area contributed by atoms with Crippen LogP contribution in [0.3, 0.4) is 0 Å². The first-order chi connectivity index (χ1) is 10.4. The highest BCUT2D eigenvalue weighted by Crippen LogP contribution is 2.17. The van der Waals surface area contributed by atoms with Crippen LogP contribution in [0.5, 0.6) is 5.75 Å². The Balaban J connectivity index is 1.58. The minimum atomic E-state index is 0.562. The highest BCUT2D eigenvalue weighted by Gasteiger charge is 2.03. The van der Waals surface area contributed by atoms with Crippen molar-refractivity contribution in [2.24, 2.45) is 0 Å². The lowest BCUT2D eigenvalue weighted by Gasteiger charge is -2.08. The Morgan fingerprint density at radius 2 is 1.90 bits per heavy atom. The average molecular weight is 277 g/mol.